The van der Waals surface area contributed by atoms with Crippen molar-refractivity contribution in [2.75, 3.05) is 18.4 Å². The van der Waals surface area contributed by atoms with E-state index < -0.39 is 0 Å². The Morgan fingerprint density at radius 3 is 2.84 bits per heavy atom. The molecule has 4 rings (SSSR count). The van der Waals surface area contributed by atoms with E-state index in [1.54, 1.807) is 23.7 Å². The molecule has 0 spiro atoms. The van der Waals surface area contributed by atoms with E-state index in [-0.39, 0.29) is 5.91 Å². The summed E-state index contributed by atoms with van der Waals surface area (Å²) in [6.07, 6.45) is 1.63. The maximum atomic E-state index is 11.9. The van der Waals surface area contributed by atoms with Crippen LogP contribution in [0.25, 0.3) is 21.7 Å². The van der Waals surface area contributed by atoms with E-state index in [0.29, 0.717) is 29.7 Å². The molecule has 4 aromatic heterocycles. The second kappa shape index (κ2) is 7.04. The van der Waals surface area contributed by atoms with Crippen LogP contribution in [-0.2, 0) is 0 Å². The number of hydrogen-bond acceptors (Lipinski definition) is 7. The SMILES string of the molecule is O=C(NCCNc1nc(-c2ccco2)c2sccc2n1)c1cccs1. The lowest BCUT2D eigenvalue weighted by atomic mass is 10.3. The van der Waals surface area contributed by atoms with E-state index >= 15 is 0 Å². The molecule has 1 amide bonds. The van der Waals surface area contributed by atoms with E-state index in [0.717, 1.165) is 15.9 Å². The molecular weight excluding hydrogens is 356 g/mol. The first-order valence-corrected chi connectivity index (χ1v) is 9.42. The van der Waals surface area contributed by atoms with Gasteiger partial charge in [-0.05, 0) is 35.0 Å². The van der Waals surface area contributed by atoms with Crippen LogP contribution >= 0.6 is 22.7 Å². The molecule has 0 atom stereocenters. The first-order valence-electron chi connectivity index (χ1n) is 7.66. The summed E-state index contributed by atoms with van der Waals surface area (Å²) in [6, 6.07) is 9.34. The zero-order chi connectivity index (χ0) is 17.1. The lowest BCUT2D eigenvalue weighted by Gasteiger charge is -2.08. The van der Waals surface area contributed by atoms with Gasteiger partial charge in [-0.25, -0.2) is 9.97 Å². The summed E-state index contributed by atoms with van der Waals surface area (Å²) in [5, 5.41) is 9.89. The minimum atomic E-state index is -0.0673. The summed E-state index contributed by atoms with van der Waals surface area (Å²) in [6.45, 7) is 1.02. The fourth-order valence-corrected chi connectivity index (χ4v) is 3.83. The molecule has 4 aromatic rings. The molecule has 0 saturated carbocycles. The largest absolute Gasteiger partial charge is 0.463 e. The van der Waals surface area contributed by atoms with Crippen molar-refractivity contribution in [3.63, 3.8) is 0 Å². The standard InChI is InChI=1S/C17H14N4O2S2/c22-16(13-4-2-9-24-13)18-6-7-19-17-20-11-5-10-25-15(11)14(21-17)12-3-1-8-23-12/h1-5,8-10H,6-7H2,(H,18,22)(H,19,20,21). The van der Waals surface area contributed by atoms with E-state index in [1.807, 2.05) is 35.0 Å². The molecular formula is C17H14N4O2S2. The van der Waals surface area contributed by atoms with E-state index in [4.69, 9.17) is 4.42 Å². The predicted molar refractivity (Wildman–Crippen MR) is 100 cm³/mol. The molecule has 4 heterocycles. The Balaban J connectivity index is 1.44. The van der Waals surface area contributed by atoms with Gasteiger partial charge in [0.05, 0.1) is 21.4 Å². The summed E-state index contributed by atoms with van der Waals surface area (Å²) in [5.41, 5.74) is 1.65. The predicted octanol–water partition coefficient (Wildman–Crippen LogP) is 3.85. The minimum Gasteiger partial charge on any atom is -0.463 e. The van der Waals surface area contributed by atoms with Crippen molar-refractivity contribution >= 4 is 44.7 Å². The van der Waals surface area contributed by atoms with Crippen LogP contribution in [-0.4, -0.2) is 29.0 Å². The Morgan fingerprint density at radius 1 is 1.08 bits per heavy atom. The number of rotatable bonds is 6. The summed E-state index contributed by atoms with van der Waals surface area (Å²) in [7, 11) is 0. The normalized spacial score (nSPS) is 10.9. The number of carbonyl (C=O) groups is 1. The van der Waals surface area contributed by atoms with Crippen molar-refractivity contribution < 1.29 is 9.21 Å². The number of carbonyl (C=O) groups excluding carboxylic acids is 1. The summed E-state index contributed by atoms with van der Waals surface area (Å²) in [5.74, 6) is 1.16. The number of furan rings is 1. The van der Waals surface area contributed by atoms with Crippen LogP contribution in [0.5, 0.6) is 0 Å². The zero-order valence-corrected chi connectivity index (χ0v) is 14.7. The molecule has 0 unspecified atom stereocenters. The number of aromatic nitrogens is 2. The average Bonchev–Trinajstić information content (AvgIpc) is 3.39. The number of hydrogen-bond donors (Lipinski definition) is 2. The quantitative estimate of drug-likeness (QED) is 0.504. The molecule has 0 aliphatic heterocycles. The van der Waals surface area contributed by atoms with Crippen molar-refractivity contribution in [1.82, 2.24) is 15.3 Å². The minimum absolute atomic E-state index is 0.0673. The average molecular weight is 370 g/mol. The van der Waals surface area contributed by atoms with Crippen molar-refractivity contribution in [3.8, 4) is 11.5 Å². The second-order valence-corrected chi connectivity index (χ2v) is 7.03. The Labute approximate surface area is 151 Å². The third kappa shape index (κ3) is 3.40. The molecule has 0 saturated heterocycles. The highest BCUT2D eigenvalue weighted by Crippen LogP contribution is 2.31. The maximum Gasteiger partial charge on any atom is 0.261 e. The van der Waals surface area contributed by atoms with Crippen LogP contribution in [0.4, 0.5) is 5.95 Å². The van der Waals surface area contributed by atoms with Gasteiger partial charge in [0.25, 0.3) is 5.91 Å². The third-order valence-electron chi connectivity index (χ3n) is 3.50. The molecule has 0 bridgehead atoms. The Hall–Kier alpha value is -2.71. The lowest BCUT2D eigenvalue weighted by Crippen LogP contribution is -2.28. The number of fused-ring (bicyclic) bond motifs is 1. The van der Waals surface area contributed by atoms with Gasteiger partial charge in [-0.3, -0.25) is 4.79 Å². The number of nitrogens with zero attached hydrogens (tertiary/aromatic N) is 2. The monoisotopic (exact) mass is 370 g/mol. The number of anilines is 1. The van der Waals surface area contributed by atoms with Crippen LogP contribution in [0.1, 0.15) is 9.67 Å². The van der Waals surface area contributed by atoms with Crippen LogP contribution in [0.15, 0.2) is 51.8 Å². The topological polar surface area (TPSA) is 80.0 Å². The molecule has 25 heavy (non-hydrogen) atoms. The maximum absolute atomic E-state index is 11.9. The molecule has 6 nitrogen and oxygen atoms in total. The molecule has 0 aliphatic rings. The number of nitrogens with one attached hydrogen (secondary N) is 2. The second-order valence-electron chi connectivity index (χ2n) is 5.17. The van der Waals surface area contributed by atoms with Gasteiger partial charge in [-0.1, -0.05) is 6.07 Å². The zero-order valence-electron chi connectivity index (χ0n) is 13.1. The number of amides is 1. The number of thiophene rings is 2. The van der Waals surface area contributed by atoms with Crippen LogP contribution in [0.2, 0.25) is 0 Å². The summed E-state index contributed by atoms with van der Waals surface area (Å²) < 4.78 is 6.48. The Kier molecular flexibility index (Phi) is 4.45. The van der Waals surface area contributed by atoms with Gasteiger partial charge in [-0.2, -0.15) is 0 Å². The molecule has 8 heteroatoms. The van der Waals surface area contributed by atoms with Crippen LogP contribution < -0.4 is 10.6 Å². The highest BCUT2D eigenvalue weighted by atomic mass is 32.1. The first kappa shape index (κ1) is 15.8. The molecule has 0 fully saturated rings. The first-order chi connectivity index (χ1) is 12.3. The molecule has 0 aromatic carbocycles. The van der Waals surface area contributed by atoms with Gasteiger partial charge < -0.3 is 15.1 Å². The molecule has 2 N–H and O–H groups in total. The molecule has 126 valence electrons. The Bertz CT molecular complexity index is 978. The van der Waals surface area contributed by atoms with Crippen molar-refractivity contribution in [3.05, 3.63) is 52.2 Å². The van der Waals surface area contributed by atoms with Gasteiger partial charge in [0.2, 0.25) is 5.95 Å². The van der Waals surface area contributed by atoms with E-state index in [2.05, 4.69) is 20.6 Å². The lowest BCUT2D eigenvalue weighted by molar-refractivity contribution is 0.0959. The van der Waals surface area contributed by atoms with Gasteiger partial charge in [0.1, 0.15) is 5.69 Å². The molecule has 0 radical (unpaired) electrons. The van der Waals surface area contributed by atoms with Crippen LogP contribution in [0.3, 0.4) is 0 Å². The smallest absolute Gasteiger partial charge is 0.261 e. The molecule has 0 aliphatic carbocycles. The van der Waals surface area contributed by atoms with E-state index in [9.17, 15) is 4.79 Å². The van der Waals surface area contributed by atoms with Gasteiger partial charge in [0, 0.05) is 13.1 Å². The van der Waals surface area contributed by atoms with Crippen molar-refractivity contribution in [2.24, 2.45) is 0 Å². The Morgan fingerprint density at radius 2 is 2.04 bits per heavy atom. The fourth-order valence-electron chi connectivity index (χ4n) is 2.37. The van der Waals surface area contributed by atoms with Gasteiger partial charge in [0.15, 0.2) is 5.76 Å². The van der Waals surface area contributed by atoms with Crippen LogP contribution in [0, 0.1) is 0 Å². The highest BCUT2D eigenvalue weighted by Gasteiger charge is 2.13. The van der Waals surface area contributed by atoms with E-state index in [1.165, 1.54) is 11.3 Å². The van der Waals surface area contributed by atoms with Gasteiger partial charge >= 0.3 is 0 Å². The summed E-state index contributed by atoms with van der Waals surface area (Å²) >= 11 is 3.00. The third-order valence-corrected chi connectivity index (χ3v) is 5.28. The fraction of sp³-hybridized carbons (Fsp3) is 0.118. The van der Waals surface area contributed by atoms with Crippen molar-refractivity contribution in [1.29, 1.82) is 0 Å². The summed E-state index contributed by atoms with van der Waals surface area (Å²) in [4.78, 5) is 21.7. The van der Waals surface area contributed by atoms with Gasteiger partial charge in [-0.15, -0.1) is 22.7 Å². The van der Waals surface area contributed by atoms with Crippen molar-refractivity contribution in [2.45, 2.75) is 0 Å². The highest BCUT2D eigenvalue weighted by molar-refractivity contribution is 7.17.